The summed E-state index contributed by atoms with van der Waals surface area (Å²) in [7, 11) is 1.11. The Morgan fingerprint density at radius 2 is 1.69 bits per heavy atom. The molecule has 0 aliphatic rings. The lowest BCUT2D eigenvalue weighted by molar-refractivity contribution is -0.121. The van der Waals surface area contributed by atoms with Crippen LogP contribution in [0.2, 0.25) is 0 Å². The Morgan fingerprint density at radius 1 is 1.00 bits per heavy atom. The highest BCUT2D eigenvalue weighted by molar-refractivity contribution is 7.92. The van der Waals surface area contributed by atoms with Crippen LogP contribution in [0.1, 0.15) is 29.5 Å². The predicted molar refractivity (Wildman–Crippen MR) is 125 cm³/mol. The van der Waals surface area contributed by atoms with Gasteiger partial charge in [0.05, 0.1) is 33.3 Å². The zero-order valence-electron chi connectivity index (χ0n) is 19.5. The number of nitrogens with zero attached hydrogens (tertiary/aromatic N) is 1. The molecule has 2 rings (SSSR count). The molecule has 0 aliphatic carbocycles. The molecule has 0 saturated carbocycles. The van der Waals surface area contributed by atoms with Gasteiger partial charge in [-0.15, -0.1) is 0 Å². The number of ether oxygens (including phenoxy) is 3. The molecule has 0 fully saturated rings. The number of aryl methyl sites for hydroxylation is 1. The number of hydrogen-bond acceptors (Lipinski definition) is 6. The first-order valence-electron chi connectivity index (χ1n) is 10.2. The van der Waals surface area contributed by atoms with E-state index in [4.69, 9.17) is 14.2 Å². The smallest absolute Gasteiger partial charge is 0.232 e. The molecular weight excluding hydrogens is 432 g/mol. The zero-order chi connectivity index (χ0) is 23.9. The normalized spacial score (nSPS) is 11.1. The Morgan fingerprint density at radius 3 is 2.28 bits per heavy atom. The second-order valence-corrected chi connectivity index (χ2v) is 9.33. The maximum atomic E-state index is 12.4. The van der Waals surface area contributed by atoms with Crippen molar-refractivity contribution in [3.63, 3.8) is 0 Å². The van der Waals surface area contributed by atoms with E-state index in [1.54, 1.807) is 18.2 Å². The second-order valence-electron chi connectivity index (χ2n) is 7.43. The number of sulfonamides is 1. The number of rotatable bonds is 11. The van der Waals surface area contributed by atoms with Gasteiger partial charge in [-0.2, -0.15) is 0 Å². The Labute approximate surface area is 190 Å². The van der Waals surface area contributed by atoms with Crippen molar-refractivity contribution in [3.05, 3.63) is 47.0 Å². The lowest BCUT2D eigenvalue weighted by Gasteiger charge is -2.25. The minimum Gasteiger partial charge on any atom is -0.493 e. The van der Waals surface area contributed by atoms with Crippen molar-refractivity contribution in [1.29, 1.82) is 0 Å². The van der Waals surface area contributed by atoms with Crippen LogP contribution in [0, 0.1) is 13.8 Å². The number of carbonyl (C=O) groups excluding carboxylic acids is 1. The van der Waals surface area contributed by atoms with Crippen molar-refractivity contribution in [2.75, 3.05) is 38.4 Å². The van der Waals surface area contributed by atoms with E-state index in [0.717, 1.165) is 16.7 Å². The summed E-state index contributed by atoms with van der Waals surface area (Å²) < 4.78 is 42.1. The van der Waals surface area contributed by atoms with Crippen molar-refractivity contribution in [2.24, 2.45) is 0 Å². The fourth-order valence-electron chi connectivity index (χ4n) is 3.44. The summed E-state index contributed by atoms with van der Waals surface area (Å²) in [6, 6.07) is 9.10. The Bertz CT molecular complexity index is 1050. The number of hydrogen-bond donors (Lipinski definition) is 1. The third-order valence-corrected chi connectivity index (χ3v) is 6.45. The quantitative estimate of drug-likeness (QED) is 0.549. The molecule has 8 nitrogen and oxygen atoms in total. The van der Waals surface area contributed by atoms with Gasteiger partial charge in [-0.05, 0) is 49.6 Å². The van der Waals surface area contributed by atoms with Crippen LogP contribution in [0.25, 0.3) is 0 Å². The molecule has 0 aromatic heterocycles. The van der Waals surface area contributed by atoms with Crippen molar-refractivity contribution in [1.82, 2.24) is 5.32 Å². The van der Waals surface area contributed by atoms with Crippen LogP contribution in [-0.2, 0) is 21.4 Å². The molecule has 0 atom stereocenters. The number of carbonyl (C=O) groups is 1. The fourth-order valence-corrected chi connectivity index (χ4v) is 4.45. The van der Waals surface area contributed by atoms with Gasteiger partial charge in [-0.25, -0.2) is 8.42 Å². The van der Waals surface area contributed by atoms with E-state index in [2.05, 4.69) is 5.32 Å². The Kier molecular flexibility index (Phi) is 8.77. The monoisotopic (exact) mass is 464 g/mol. The summed E-state index contributed by atoms with van der Waals surface area (Å²) in [4.78, 5) is 12.4. The van der Waals surface area contributed by atoms with Crippen LogP contribution < -0.4 is 23.8 Å². The SMILES string of the molecule is COc1ccc(CNC(=O)CCCN(c2cccc(C)c2C)S(C)(=O)=O)c(OC)c1OC. The third-order valence-electron chi connectivity index (χ3n) is 5.27. The van der Waals surface area contributed by atoms with Gasteiger partial charge in [0.1, 0.15) is 0 Å². The molecule has 0 bridgehead atoms. The first-order chi connectivity index (χ1) is 15.1. The number of methoxy groups -OCH3 is 3. The van der Waals surface area contributed by atoms with Crippen LogP contribution in [0.3, 0.4) is 0 Å². The Balaban J connectivity index is 2.02. The van der Waals surface area contributed by atoms with Gasteiger partial charge in [0.15, 0.2) is 11.5 Å². The molecule has 9 heteroatoms. The van der Waals surface area contributed by atoms with E-state index in [-0.39, 0.29) is 25.4 Å². The number of anilines is 1. The molecular formula is C23H32N2O6S. The van der Waals surface area contributed by atoms with Crippen LogP contribution in [-0.4, -0.2) is 48.5 Å². The predicted octanol–water partition coefficient (Wildman–Crippen LogP) is 3.19. The van der Waals surface area contributed by atoms with Crippen LogP contribution in [0.4, 0.5) is 5.69 Å². The van der Waals surface area contributed by atoms with Gasteiger partial charge in [-0.3, -0.25) is 9.10 Å². The molecule has 2 aromatic carbocycles. The molecule has 0 unspecified atom stereocenters. The summed E-state index contributed by atoms with van der Waals surface area (Å²) in [5.74, 6) is 1.30. The summed E-state index contributed by atoms with van der Waals surface area (Å²) in [6.45, 7) is 4.30. The van der Waals surface area contributed by atoms with Gasteiger partial charge in [0, 0.05) is 25.1 Å². The van der Waals surface area contributed by atoms with Gasteiger partial charge in [-0.1, -0.05) is 12.1 Å². The van der Waals surface area contributed by atoms with Crippen LogP contribution in [0.15, 0.2) is 30.3 Å². The number of benzene rings is 2. The molecule has 0 radical (unpaired) electrons. The first-order valence-corrected chi connectivity index (χ1v) is 12.1. The van der Waals surface area contributed by atoms with E-state index < -0.39 is 10.0 Å². The first kappa shape index (κ1) is 25.3. The average Bonchev–Trinajstić information content (AvgIpc) is 2.75. The van der Waals surface area contributed by atoms with E-state index in [1.165, 1.54) is 31.9 Å². The largest absolute Gasteiger partial charge is 0.493 e. The summed E-state index contributed by atoms with van der Waals surface area (Å²) in [5.41, 5.74) is 3.30. The maximum Gasteiger partial charge on any atom is 0.232 e. The van der Waals surface area contributed by atoms with E-state index in [9.17, 15) is 13.2 Å². The summed E-state index contributed by atoms with van der Waals surface area (Å²) in [5, 5.41) is 2.85. The van der Waals surface area contributed by atoms with E-state index in [0.29, 0.717) is 29.4 Å². The molecule has 0 aliphatic heterocycles. The lowest BCUT2D eigenvalue weighted by Crippen LogP contribution is -2.32. The van der Waals surface area contributed by atoms with Gasteiger partial charge < -0.3 is 19.5 Å². The van der Waals surface area contributed by atoms with Crippen LogP contribution in [0.5, 0.6) is 17.2 Å². The summed E-state index contributed by atoms with van der Waals surface area (Å²) in [6.07, 6.45) is 1.75. The highest BCUT2D eigenvalue weighted by atomic mass is 32.2. The topological polar surface area (TPSA) is 94.2 Å². The van der Waals surface area contributed by atoms with E-state index in [1.807, 2.05) is 26.0 Å². The van der Waals surface area contributed by atoms with Crippen molar-refractivity contribution in [3.8, 4) is 17.2 Å². The van der Waals surface area contributed by atoms with Crippen molar-refractivity contribution in [2.45, 2.75) is 33.2 Å². The summed E-state index contributed by atoms with van der Waals surface area (Å²) >= 11 is 0. The minimum atomic E-state index is -3.47. The zero-order valence-corrected chi connectivity index (χ0v) is 20.3. The highest BCUT2D eigenvalue weighted by Gasteiger charge is 2.20. The average molecular weight is 465 g/mol. The number of amides is 1. The molecule has 176 valence electrons. The molecule has 2 aromatic rings. The molecule has 0 heterocycles. The highest BCUT2D eigenvalue weighted by Crippen LogP contribution is 2.39. The molecule has 0 spiro atoms. The van der Waals surface area contributed by atoms with Crippen molar-refractivity contribution < 1.29 is 27.4 Å². The van der Waals surface area contributed by atoms with Crippen LogP contribution >= 0.6 is 0 Å². The lowest BCUT2D eigenvalue weighted by atomic mass is 10.1. The maximum absolute atomic E-state index is 12.4. The number of nitrogens with one attached hydrogen (secondary N) is 1. The van der Waals surface area contributed by atoms with Gasteiger partial charge >= 0.3 is 0 Å². The Hall–Kier alpha value is -2.94. The van der Waals surface area contributed by atoms with Gasteiger partial charge in [0.25, 0.3) is 0 Å². The molecule has 1 N–H and O–H groups in total. The second kappa shape index (κ2) is 11.1. The fraction of sp³-hybridized carbons (Fsp3) is 0.435. The standard InChI is InChI=1S/C23H32N2O6S/c1-16-9-7-10-19(17(16)2)25(32(6,27)28)14-8-11-21(26)24-15-18-12-13-20(29-3)23(31-5)22(18)30-4/h7,9-10,12-13H,8,11,14-15H2,1-6H3,(H,24,26). The van der Waals surface area contributed by atoms with Gasteiger partial charge in [0.2, 0.25) is 21.7 Å². The molecule has 32 heavy (non-hydrogen) atoms. The third kappa shape index (κ3) is 6.06. The minimum absolute atomic E-state index is 0.184. The van der Waals surface area contributed by atoms with E-state index >= 15 is 0 Å². The molecule has 1 amide bonds. The van der Waals surface area contributed by atoms with Crippen molar-refractivity contribution >= 4 is 21.6 Å². The molecule has 0 saturated heterocycles.